The van der Waals surface area contributed by atoms with Crippen LogP contribution in [0, 0.1) is 5.92 Å². The van der Waals surface area contributed by atoms with Gasteiger partial charge in [-0.2, -0.15) is 0 Å². The molecule has 0 saturated heterocycles. The number of nitrogens with one attached hydrogen (secondary N) is 3. The third-order valence-corrected chi connectivity index (χ3v) is 6.55. The van der Waals surface area contributed by atoms with Crippen LogP contribution < -0.4 is 16.0 Å². The highest BCUT2D eigenvalue weighted by molar-refractivity contribution is 6.53. The fourth-order valence-electron chi connectivity index (χ4n) is 3.33. The van der Waals surface area contributed by atoms with E-state index < -0.39 is 28.0 Å². The van der Waals surface area contributed by atoms with Crippen LogP contribution in [0.4, 0.5) is 5.69 Å². The first-order valence-electron chi connectivity index (χ1n) is 9.47. The molecule has 11 heteroatoms. The number of hydrogen-bond donors (Lipinski definition) is 3. The molecule has 1 aliphatic rings. The summed E-state index contributed by atoms with van der Waals surface area (Å²) < 4.78 is -1.32. The number of hydrogen-bond acceptors (Lipinski definition) is 3. The Balaban J connectivity index is 1.69. The van der Waals surface area contributed by atoms with Crippen molar-refractivity contribution in [2.45, 2.75) is 17.2 Å². The molecule has 32 heavy (non-hydrogen) atoms. The molecule has 1 saturated carbocycles. The summed E-state index contributed by atoms with van der Waals surface area (Å²) in [6.45, 7) is 1.88. The monoisotopic (exact) mass is 535 g/mol. The number of carbonyl (C=O) groups is 3. The SMILES string of the molecule is CC(=O)NCCNC(=O)c1cc(NC(=O)[C@H]2[C@H](c3cc(Cl)cc(Cl)c3)C2(Cl)Cl)ccc1Cl. The lowest BCUT2D eigenvalue weighted by molar-refractivity contribution is -0.119. The minimum absolute atomic E-state index is 0.171. The molecule has 6 nitrogen and oxygen atoms in total. The van der Waals surface area contributed by atoms with E-state index in [1.807, 2.05) is 0 Å². The smallest absolute Gasteiger partial charge is 0.252 e. The topological polar surface area (TPSA) is 87.3 Å². The second-order valence-electron chi connectivity index (χ2n) is 7.26. The van der Waals surface area contributed by atoms with Gasteiger partial charge in [0.1, 0.15) is 4.33 Å². The van der Waals surface area contributed by atoms with E-state index in [0.717, 1.165) is 0 Å². The molecule has 0 spiro atoms. The molecule has 0 radical (unpaired) electrons. The van der Waals surface area contributed by atoms with Crippen molar-refractivity contribution in [1.82, 2.24) is 10.6 Å². The van der Waals surface area contributed by atoms with Crippen molar-refractivity contribution < 1.29 is 14.4 Å². The average molecular weight is 538 g/mol. The van der Waals surface area contributed by atoms with Gasteiger partial charge in [0.2, 0.25) is 11.8 Å². The van der Waals surface area contributed by atoms with E-state index in [2.05, 4.69) is 16.0 Å². The molecule has 3 N–H and O–H groups in total. The largest absolute Gasteiger partial charge is 0.355 e. The predicted octanol–water partition coefficient (Wildman–Crippen LogP) is 5.04. The van der Waals surface area contributed by atoms with Gasteiger partial charge in [0.15, 0.2) is 0 Å². The summed E-state index contributed by atoms with van der Waals surface area (Å²) in [6, 6.07) is 9.41. The van der Waals surface area contributed by atoms with Crippen LogP contribution in [-0.2, 0) is 9.59 Å². The van der Waals surface area contributed by atoms with Gasteiger partial charge < -0.3 is 16.0 Å². The Morgan fingerprint density at radius 2 is 1.56 bits per heavy atom. The zero-order valence-corrected chi connectivity index (χ0v) is 20.4. The Bertz CT molecular complexity index is 1060. The molecule has 0 aromatic heterocycles. The number of amides is 3. The fourth-order valence-corrected chi connectivity index (χ4v) is 4.90. The van der Waals surface area contributed by atoms with Crippen molar-refractivity contribution in [3.8, 4) is 0 Å². The van der Waals surface area contributed by atoms with Crippen LogP contribution in [0.3, 0.4) is 0 Å². The molecular weight excluding hydrogens is 520 g/mol. The van der Waals surface area contributed by atoms with Gasteiger partial charge in [-0.25, -0.2) is 0 Å². The van der Waals surface area contributed by atoms with E-state index in [4.69, 9.17) is 58.0 Å². The summed E-state index contributed by atoms with van der Waals surface area (Å²) in [7, 11) is 0. The quantitative estimate of drug-likeness (QED) is 0.342. The maximum atomic E-state index is 12.9. The number of benzene rings is 2. The molecule has 1 aliphatic carbocycles. The first-order valence-corrected chi connectivity index (χ1v) is 11.4. The van der Waals surface area contributed by atoms with Gasteiger partial charge in [-0.1, -0.05) is 34.8 Å². The maximum absolute atomic E-state index is 12.9. The van der Waals surface area contributed by atoms with Crippen molar-refractivity contribution in [1.29, 1.82) is 0 Å². The number of alkyl halides is 2. The van der Waals surface area contributed by atoms with Gasteiger partial charge in [-0.3, -0.25) is 14.4 Å². The van der Waals surface area contributed by atoms with Gasteiger partial charge in [0, 0.05) is 41.7 Å². The summed E-state index contributed by atoms with van der Waals surface area (Å²) >= 11 is 31.0. The highest BCUT2D eigenvalue weighted by Gasteiger charge is 2.67. The molecule has 3 amide bonds. The molecule has 2 atom stereocenters. The van der Waals surface area contributed by atoms with Gasteiger partial charge in [0.25, 0.3) is 5.91 Å². The first-order chi connectivity index (χ1) is 15.0. The van der Waals surface area contributed by atoms with Crippen molar-refractivity contribution in [3.63, 3.8) is 0 Å². The molecule has 2 aromatic carbocycles. The van der Waals surface area contributed by atoms with E-state index in [9.17, 15) is 14.4 Å². The highest BCUT2D eigenvalue weighted by Crippen LogP contribution is 2.65. The van der Waals surface area contributed by atoms with E-state index in [0.29, 0.717) is 21.3 Å². The Labute approximate surface area is 209 Å². The summed E-state index contributed by atoms with van der Waals surface area (Å²) in [5.74, 6) is -2.30. The second-order valence-corrected chi connectivity index (χ2v) is 9.98. The molecule has 0 bridgehead atoms. The van der Waals surface area contributed by atoms with Crippen molar-refractivity contribution in [2.75, 3.05) is 18.4 Å². The standard InChI is InChI=1S/C21H18Cl5N3O3/c1-10(30)27-4-5-28-19(31)15-9-14(2-3-16(15)24)29-20(32)18-17(21(18,25)26)11-6-12(22)8-13(23)7-11/h2-3,6-9,17-18H,4-5H2,1H3,(H,27,30)(H,28,31)(H,29,32)/t17-,18+/m0/s1. The summed E-state index contributed by atoms with van der Waals surface area (Å²) in [5, 5.41) is 8.97. The third-order valence-electron chi connectivity index (χ3n) is 4.84. The van der Waals surface area contributed by atoms with Crippen LogP contribution in [0.2, 0.25) is 15.1 Å². The van der Waals surface area contributed by atoms with Crippen molar-refractivity contribution >= 4 is 81.4 Å². The predicted molar refractivity (Wildman–Crippen MR) is 128 cm³/mol. The van der Waals surface area contributed by atoms with E-state index in [1.54, 1.807) is 24.3 Å². The Kier molecular flexibility index (Phi) is 7.84. The third kappa shape index (κ3) is 5.80. The van der Waals surface area contributed by atoms with Gasteiger partial charge in [-0.05, 0) is 42.0 Å². The minimum atomic E-state index is -1.32. The van der Waals surface area contributed by atoms with Crippen molar-refractivity contribution in [2.24, 2.45) is 5.92 Å². The zero-order chi connectivity index (χ0) is 23.6. The minimum Gasteiger partial charge on any atom is -0.355 e. The van der Waals surface area contributed by atoms with Crippen LogP contribution in [0.15, 0.2) is 36.4 Å². The van der Waals surface area contributed by atoms with Crippen molar-refractivity contribution in [3.05, 3.63) is 62.6 Å². The molecular formula is C21H18Cl5N3O3. The number of rotatable bonds is 7. The van der Waals surface area contributed by atoms with Crippen LogP contribution in [0.25, 0.3) is 0 Å². The Morgan fingerprint density at radius 1 is 0.938 bits per heavy atom. The normalized spacial score (nSPS) is 18.6. The lowest BCUT2D eigenvalue weighted by atomic mass is 10.1. The Morgan fingerprint density at radius 3 is 2.19 bits per heavy atom. The second kappa shape index (κ2) is 10.1. The van der Waals surface area contributed by atoms with Gasteiger partial charge >= 0.3 is 0 Å². The van der Waals surface area contributed by atoms with Crippen LogP contribution in [0.1, 0.15) is 28.8 Å². The van der Waals surface area contributed by atoms with E-state index in [-0.39, 0.29) is 29.6 Å². The zero-order valence-electron chi connectivity index (χ0n) is 16.6. The van der Waals surface area contributed by atoms with E-state index in [1.165, 1.54) is 19.1 Å². The highest BCUT2D eigenvalue weighted by atomic mass is 35.5. The van der Waals surface area contributed by atoms with E-state index >= 15 is 0 Å². The Hall–Kier alpha value is -1.70. The van der Waals surface area contributed by atoms with Crippen LogP contribution in [0.5, 0.6) is 0 Å². The van der Waals surface area contributed by atoms with Crippen LogP contribution >= 0.6 is 58.0 Å². The van der Waals surface area contributed by atoms with Gasteiger partial charge in [-0.15, -0.1) is 23.2 Å². The average Bonchev–Trinajstić information content (AvgIpc) is 3.28. The maximum Gasteiger partial charge on any atom is 0.252 e. The molecule has 170 valence electrons. The molecule has 0 unspecified atom stereocenters. The first kappa shape index (κ1) is 24.9. The summed E-state index contributed by atoms with van der Waals surface area (Å²) in [6.07, 6.45) is 0. The molecule has 2 aromatic rings. The molecule has 0 heterocycles. The number of carbonyl (C=O) groups excluding carboxylic acids is 3. The number of anilines is 1. The van der Waals surface area contributed by atoms with Crippen LogP contribution in [-0.4, -0.2) is 35.1 Å². The summed E-state index contributed by atoms with van der Waals surface area (Å²) in [5.41, 5.74) is 1.18. The fraction of sp³-hybridized carbons (Fsp3) is 0.286. The van der Waals surface area contributed by atoms with Gasteiger partial charge in [0.05, 0.1) is 16.5 Å². The molecule has 1 fully saturated rings. The lowest BCUT2D eigenvalue weighted by Gasteiger charge is -2.10. The molecule has 0 aliphatic heterocycles. The number of halogens is 5. The summed E-state index contributed by atoms with van der Waals surface area (Å²) in [4.78, 5) is 36.2. The lowest BCUT2D eigenvalue weighted by Crippen LogP contribution is -2.33. The molecule has 3 rings (SSSR count).